The number of thiophene rings is 1. The number of aryl methyl sites for hydroxylation is 1. The maximum atomic E-state index is 13.9. The molecule has 0 spiro atoms. The molecule has 0 unspecified atom stereocenters. The van der Waals surface area contributed by atoms with Crippen LogP contribution in [0.2, 0.25) is 0 Å². The summed E-state index contributed by atoms with van der Waals surface area (Å²) < 4.78 is 9.08. The van der Waals surface area contributed by atoms with Crippen LogP contribution in [0, 0.1) is 5.92 Å². The van der Waals surface area contributed by atoms with Crippen LogP contribution in [0.25, 0.3) is 21.7 Å². The Morgan fingerprint density at radius 1 is 1.12 bits per heavy atom. The first kappa shape index (κ1) is 21.4. The second kappa shape index (κ2) is 8.60. The highest BCUT2D eigenvalue weighted by Gasteiger charge is 2.27. The first-order valence-corrected chi connectivity index (χ1v) is 13.2. The minimum Gasteiger partial charge on any atom is -0.497 e. The van der Waals surface area contributed by atoms with Crippen molar-refractivity contribution in [1.82, 2.24) is 19.2 Å². The average Bonchev–Trinajstić information content (AvgIpc) is 3.45. The van der Waals surface area contributed by atoms with Gasteiger partial charge in [-0.3, -0.25) is 4.79 Å². The van der Waals surface area contributed by atoms with E-state index in [1.165, 1.54) is 16.0 Å². The lowest BCUT2D eigenvalue weighted by Crippen LogP contribution is -2.22. The zero-order chi connectivity index (χ0) is 23.2. The van der Waals surface area contributed by atoms with Gasteiger partial charge in [-0.05, 0) is 60.6 Å². The molecule has 0 fully saturated rings. The molecule has 8 heteroatoms. The zero-order valence-corrected chi connectivity index (χ0v) is 20.7. The minimum absolute atomic E-state index is 0.000132. The van der Waals surface area contributed by atoms with Crippen molar-refractivity contribution < 1.29 is 4.74 Å². The number of thioether (sulfide) groups is 1. The standard InChI is InChI=1S/C26H24N4O2S2/c1-16-8-13-20-21(14-16)34-24-22(20)23(31)29(18-6-4-3-5-7-18)25-27-28-26(30(24)25)33-15-17-9-11-19(32-2)12-10-17/h3-7,9-12,16H,8,13-15H2,1-2H3/t16-/m1/s1. The van der Waals surface area contributed by atoms with E-state index in [4.69, 9.17) is 4.74 Å². The first-order valence-electron chi connectivity index (χ1n) is 11.4. The Balaban J connectivity index is 1.54. The molecule has 1 aliphatic rings. The van der Waals surface area contributed by atoms with Crippen molar-refractivity contribution in [2.75, 3.05) is 7.11 Å². The zero-order valence-electron chi connectivity index (χ0n) is 19.0. The summed E-state index contributed by atoms with van der Waals surface area (Å²) in [5.41, 5.74) is 3.20. The Kier molecular flexibility index (Phi) is 5.42. The van der Waals surface area contributed by atoms with Gasteiger partial charge in [0.2, 0.25) is 5.78 Å². The molecule has 0 aliphatic heterocycles. The molecule has 172 valence electrons. The lowest BCUT2D eigenvalue weighted by atomic mass is 9.89. The Labute approximate surface area is 205 Å². The van der Waals surface area contributed by atoms with Gasteiger partial charge in [0.25, 0.3) is 5.56 Å². The van der Waals surface area contributed by atoms with E-state index in [-0.39, 0.29) is 5.56 Å². The second-order valence-electron chi connectivity index (χ2n) is 8.76. The quantitative estimate of drug-likeness (QED) is 0.305. The Morgan fingerprint density at radius 3 is 2.68 bits per heavy atom. The van der Waals surface area contributed by atoms with E-state index in [0.29, 0.717) is 11.7 Å². The van der Waals surface area contributed by atoms with Crippen molar-refractivity contribution >= 4 is 39.1 Å². The molecule has 0 saturated heterocycles. The summed E-state index contributed by atoms with van der Waals surface area (Å²) in [4.78, 5) is 16.2. The van der Waals surface area contributed by atoms with Gasteiger partial charge in [0.05, 0.1) is 18.2 Å². The number of rotatable bonds is 5. The van der Waals surface area contributed by atoms with Crippen LogP contribution in [0.3, 0.4) is 0 Å². The van der Waals surface area contributed by atoms with E-state index < -0.39 is 0 Å². The third-order valence-corrected chi connectivity index (χ3v) is 8.71. The van der Waals surface area contributed by atoms with Crippen LogP contribution in [-0.2, 0) is 18.6 Å². The topological polar surface area (TPSA) is 61.4 Å². The first-order chi connectivity index (χ1) is 16.6. The molecular weight excluding hydrogens is 464 g/mol. The molecule has 0 saturated carbocycles. The molecule has 6 rings (SSSR count). The predicted molar refractivity (Wildman–Crippen MR) is 138 cm³/mol. The van der Waals surface area contributed by atoms with E-state index in [1.54, 1.807) is 34.8 Å². The maximum absolute atomic E-state index is 13.9. The summed E-state index contributed by atoms with van der Waals surface area (Å²) in [5.74, 6) is 2.79. The number of ether oxygens (including phenoxy) is 1. The van der Waals surface area contributed by atoms with Crippen molar-refractivity contribution in [2.45, 2.75) is 37.1 Å². The SMILES string of the molecule is COc1ccc(CSc2nnc3n(-c4ccccc4)c(=O)c4c5c(sc4n23)C[C@H](C)CC5)cc1. The van der Waals surface area contributed by atoms with Gasteiger partial charge >= 0.3 is 0 Å². The van der Waals surface area contributed by atoms with Gasteiger partial charge in [-0.2, -0.15) is 0 Å². The molecule has 3 heterocycles. The number of benzene rings is 2. The van der Waals surface area contributed by atoms with E-state index in [0.717, 1.165) is 51.8 Å². The van der Waals surface area contributed by atoms with Crippen LogP contribution < -0.4 is 10.3 Å². The normalized spacial score (nSPS) is 15.6. The Bertz CT molecular complexity index is 1550. The van der Waals surface area contributed by atoms with Gasteiger partial charge in [-0.25, -0.2) is 8.97 Å². The Hall–Kier alpha value is -3.10. The fourth-order valence-electron chi connectivity index (χ4n) is 4.67. The molecular formula is C26H24N4O2S2. The lowest BCUT2D eigenvalue weighted by molar-refractivity contribution is 0.414. The molecule has 2 aromatic carbocycles. The second-order valence-corrected chi connectivity index (χ2v) is 10.8. The molecule has 3 aromatic heterocycles. The van der Waals surface area contributed by atoms with E-state index in [2.05, 4.69) is 33.7 Å². The number of para-hydroxylation sites is 1. The molecule has 0 amide bonds. The third-order valence-electron chi connectivity index (χ3n) is 6.47. The van der Waals surface area contributed by atoms with Crippen LogP contribution in [0.15, 0.2) is 64.5 Å². The maximum Gasteiger partial charge on any atom is 0.268 e. The van der Waals surface area contributed by atoms with Crippen LogP contribution >= 0.6 is 23.1 Å². The number of hydrogen-bond acceptors (Lipinski definition) is 6. The number of hydrogen-bond donors (Lipinski definition) is 0. The molecule has 34 heavy (non-hydrogen) atoms. The Morgan fingerprint density at radius 2 is 1.91 bits per heavy atom. The summed E-state index contributed by atoms with van der Waals surface area (Å²) >= 11 is 3.37. The summed E-state index contributed by atoms with van der Waals surface area (Å²) in [6.45, 7) is 2.29. The van der Waals surface area contributed by atoms with Gasteiger partial charge in [-0.1, -0.05) is 49.0 Å². The summed E-state index contributed by atoms with van der Waals surface area (Å²) in [5, 5.41) is 10.7. The van der Waals surface area contributed by atoms with E-state index in [1.807, 2.05) is 42.5 Å². The van der Waals surface area contributed by atoms with Crippen LogP contribution in [0.5, 0.6) is 5.75 Å². The number of nitrogens with zero attached hydrogens (tertiary/aromatic N) is 4. The molecule has 1 atom stereocenters. The van der Waals surface area contributed by atoms with E-state index >= 15 is 0 Å². The molecule has 0 radical (unpaired) electrons. The van der Waals surface area contributed by atoms with Crippen LogP contribution in [0.4, 0.5) is 0 Å². The molecule has 1 aliphatic carbocycles. The van der Waals surface area contributed by atoms with Crippen molar-refractivity contribution in [1.29, 1.82) is 0 Å². The van der Waals surface area contributed by atoms with Gasteiger partial charge < -0.3 is 4.74 Å². The summed E-state index contributed by atoms with van der Waals surface area (Å²) in [6, 6.07) is 17.8. The lowest BCUT2D eigenvalue weighted by Gasteiger charge is -2.17. The predicted octanol–water partition coefficient (Wildman–Crippen LogP) is 5.52. The minimum atomic E-state index is -0.000132. The summed E-state index contributed by atoms with van der Waals surface area (Å²) in [6.07, 6.45) is 3.09. The van der Waals surface area contributed by atoms with Gasteiger partial charge in [0.15, 0.2) is 5.16 Å². The third kappa shape index (κ3) is 3.52. The molecule has 0 N–H and O–H groups in total. The molecule has 0 bridgehead atoms. The van der Waals surface area contributed by atoms with Crippen molar-refractivity contribution in [3.8, 4) is 11.4 Å². The summed E-state index contributed by atoms with van der Waals surface area (Å²) in [7, 11) is 1.67. The number of aromatic nitrogens is 4. The number of fused-ring (bicyclic) bond motifs is 5. The largest absolute Gasteiger partial charge is 0.497 e. The van der Waals surface area contributed by atoms with Crippen molar-refractivity contribution in [3.63, 3.8) is 0 Å². The monoisotopic (exact) mass is 488 g/mol. The smallest absolute Gasteiger partial charge is 0.268 e. The highest BCUT2D eigenvalue weighted by Crippen LogP contribution is 2.38. The van der Waals surface area contributed by atoms with E-state index in [9.17, 15) is 4.79 Å². The van der Waals surface area contributed by atoms with Gasteiger partial charge in [0.1, 0.15) is 10.6 Å². The molecule has 5 aromatic rings. The highest BCUT2D eigenvalue weighted by atomic mass is 32.2. The number of methoxy groups -OCH3 is 1. The highest BCUT2D eigenvalue weighted by molar-refractivity contribution is 7.98. The van der Waals surface area contributed by atoms with Crippen LogP contribution in [0.1, 0.15) is 29.3 Å². The van der Waals surface area contributed by atoms with Gasteiger partial charge in [-0.15, -0.1) is 21.5 Å². The fourth-order valence-corrected chi connectivity index (χ4v) is 7.12. The van der Waals surface area contributed by atoms with Crippen LogP contribution in [-0.4, -0.2) is 26.3 Å². The van der Waals surface area contributed by atoms with Gasteiger partial charge in [0, 0.05) is 10.6 Å². The molecule has 6 nitrogen and oxygen atoms in total. The van der Waals surface area contributed by atoms with Crippen molar-refractivity contribution in [2.24, 2.45) is 5.92 Å². The fraction of sp³-hybridized carbons (Fsp3) is 0.269. The van der Waals surface area contributed by atoms with Crippen molar-refractivity contribution in [3.05, 3.63) is 81.0 Å². The average molecular weight is 489 g/mol.